The fourth-order valence-corrected chi connectivity index (χ4v) is 1.86. The van der Waals surface area contributed by atoms with E-state index in [4.69, 9.17) is 15.0 Å². The Balaban J connectivity index is 2.08. The number of nitrogens with zero attached hydrogens (tertiary/aromatic N) is 1. The SMILES string of the molecule is Cc1oc(C(=O)NN)cc1COc1cccc(N(C)C)c1. The van der Waals surface area contributed by atoms with Gasteiger partial charge in [-0.15, -0.1) is 0 Å². The van der Waals surface area contributed by atoms with E-state index in [0.29, 0.717) is 12.4 Å². The van der Waals surface area contributed by atoms with Crippen molar-refractivity contribution in [3.05, 3.63) is 47.4 Å². The molecule has 0 bridgehead atoms. The van der Waals surface area contributed by atoms with Crippen LogP contribution >= 0.6 is 0 Å². The number of carbonyl (C=O) groups excluding carboxylic acids is 1. The number of benzene rings is 1. The summed E-state index contributed by atoms with van der Waals surface area (Å²) < 4.78 is 11.1. The van der Waals surface area contributed by atoms with E-state index in [9.17, 15) is 4.79 Å². The van der Waals surface area contributed by atoms with Crippen LogP contribution in [0.15, 0.2) is 34.7 Å². The van der Waals surface area contributed by atoms with Crippen LogP contribution in [0.5, 0.6) is 5.75 Å². The molecule has 0 aliphatic heterocycles. The summed E-state index contributed by atoms with van der Waals surface area (Å²) in [4.78, 5) is 13.4. The number of carbonyl (C=O) groups is 1. The predicted molar refractivity (Wildman–Crippen MR) is 80.2 cm³/mol. The monoisotopic (exact) mass is 289 g/mol. The van der Waals surface area contributed by atoms with Gasteiger partial charge in [0.05, 0.1) is 0 Å². The van der Waals surface area contributed by atoms with Crippen LogP contribution in [0.4, 0.5) is 5.69 Å². The van der Waals surface area contributed by atoms with Crippen LogP contribution < -0.4 is 20.9 Å². The number of furan rings is 1. The van der Waals surface area contributed by atoms with Gasteiger partial charge in [0.2, 0.25) is 0 Å². The molecule has 0 aliphatic rings. The molecule has 1 heterocycles. The van der Waals surface area contributed by atoms with E-state index in [1.54, 1.807) is 13.0 Å². The van der Waals surface area contributed by atoms with Gasteiger partial charge in [-0.2, -0.15) is 0 Å². The van der Waals surface area contributed by atoms with Gasteiger partial charge in [0.1, 0.15) is 18.1 Å². The Bertz CT molecular complexity index is 635. The van der Waals surface area contributed by atoms with Crippen molar-refractivity contribution < 1.29 is 13.9 Å². The zero-order chi connectivity index (χ0) is 15.4. The predicted octanol–water partition coefficient (Wildman–Crippen LogP) is 1.84. The molecule has 0 saturated carbocycles. The van der Waals surface area contributed by atoms with E-state index >= 15 is 0 Å². The molecule has 2 aromatic rings. The third-order valence-electron chi connectivity index (χ3n) is 3.10. The van der Waals surface area contributed by atoms with E-state index in [0.717, 1.165) is 17.0 Å². The number of hydrogen-bond acceptors (Lipinski definition) is 5. The first kappa shape index (κ1) is 14.9. The fraction of sp³-hybridized carbons (Fsp3) is 0.267. The summed E-state index contributed by atoms with van der Waals surface area (Å²) in [6, 6.07) is 9.39. The first-order chi connectivity index (χ1) is 10.0. The number of nitrogens with two attached hydrogens (primary N) is 1. The van der Waals surface area contributed by atoms with Crippen molar-refractivity contribution in [3.8, 4) is 5.75 Å². The van der Waals surface area contributed by atoms with Gasteiger partial charge in [0, 0.05) is 31.4 Å². The maximum atomic E-state index is 11.4. The van der Waals surface area contributed by atoms with Gasteiger partial charge < -0.3 is 14.1 Å². The zero-order valence-electron chi connectivity index (χ0n) is 12.3. The van der Waals surface area contributed by atoms with E-state index < -0.39 is 5.91 Å². The van der Waals surface area contributed by atoms with Crippen LogP contribution in [0, 0.1) is 6.92 Å². The lowest BCUT2D eigenvalue weighted by Crippen LogP contribution is -2.29. The molecular weight excluding hydrogens is 270 g/mol. The van der Waals surface area contributed by atoms with Crippen molar-refractivity contribution in [2.24, 2.45) is 5.84 Å². The van der Waals surface area contributed by atoms with Crippen LogP contribution in [-0.4, -0.2) is 20.0 Å². The van der Waals surface area contributed by atoms with E-state index in [2.05, 4.69) is 0 Å². The molecule has 2 rings (SSSR count). The molecule has 0 fully saturated rings. The zero-order valence-corrected chi connectivity index (χ0v) is 12.3. The number of nitrogens with one attached hydrogen (secondary N) is 1. The Morgan fingerprint density at radius 1 is 1.38 bits per heavy atom. The van der Waals surface area contributed by atoms with Gasteiger partial charge in [-0.25, -0.2) is 5.84 Å². The minimum Gasteiger partial charge on any atom is -0.489 e. The van der Waals surface area contributed by atoms with Gasteiger partial charge in [-0.05, 0) is 25.1 Å². The fourth-order valence-electron chi connectivity index (χ4n) is 1.86. The lowest BCUT2D eigenvalue weighted by Gasteiger charge is -2.13. The second-order valence-corrected chi connectivity index (χ2v) is 4.85. The van der Waals surface area contributed by atoms with Crippen molar-refractivity contribution in [1.82, 2.24) is 5.43 Å². The summed E-state index contributed by atoms with van der Waals surface area (Å²) in [6.45, 7) is 2.10. The lowest BCUT2D eigenvalue weighted by molar-refractivity contribution is 0.0924. The van der Waals surface area contributed by atoms with Gasteiger partial charge in [-0.1, -0.05) is 6.07 Å². The Hall–Kier alpha value is -2.47. The second kappa shape index (κ2) is 6.32. The molecule has 1 aromatic carbocycles. The molecule has 112 valence electrons. The van der Waals surface area contributed by atoms with Gasteiger partial charge in [0.25, 0.3) is 0 Å². The third-order valence-corrected chi connectivity index (χ3v) is 3.10. The van der Waals surface area contributed by atoms with Crippen molar-refractivity contribution >= 4 is 11.6 Å². The largest absolute Gasteiger partial charge is 0.489 e. The molecule has 0 spiro atoms. The van der Waals surface area contributed by atoms with Crippen LogP contribution in [0.3, 0.4) is 0 Å². The van der Waals surface area contributed by atoms with Crippen molar-refractivity contribution in [2.45, 2.75) is 13.5 Å². The number of nitrogen functional groups attached to an aromatic ring is 1. The number of anilines is 1. The Kier molecular flexibility index (Phi) is 4.49. The molecular formula is C15H19N3O3. The average molecular weight is 289 g/mol. The van der Waals surface area contributed by atoms with E-state index in [1.165, 1.54) is 0 Å². The molecule has 0 atom stereocenters. The van der Waals surface area contributed by atoms with Crippen LogP contribution in [0.2, 0.25) is 0 Å². The van der Waals surface area contributed by atoms with Gasteiger partial charge in [-0.3, -0.25) is 10.2 Å². The highest BCUT2D eigenvalue weighted by Crippen LogP contribution is 2.22. The third kappa shape index (κ3) is 3.55. The van der Waals surface area contributed by atoms with Crippen molar-refractivity contribution in [2.75, 3.05) is 19.0 Å². The first-order valence-corrected chi connectivity index (χ1v) is 6.51. The molecule has 6 heteroatoms. The van der Waals surface area contributed by atoms with Crippen LogP contribution in [0.1, 0.15) is 21.9 Å². The topological polar surface area (TPSA) is 80.7 Å². The standard InChI is InChI=1S/C15H19N3O3/c1-10-11(7-14(21-10)15(19)17-16)9-20-13-6-4-5-12(8-13)18(2)3/h4-8H,9,16H2,1-3H3,(H,17,19). The summed E-state index contributed by atoms with van der Waals surface area (Å²) >= 11 is 0. The molecule has 6 nitrogen and oxygen atoms in total. The number of ether oxygens (including phenoxy) is 1. The number of hydrogen-bond donors (Lipinski definition) is 2. The van der Waals surface area contributed by atoms with Crippen molar-refractivity contribution in [3.63, 3.8) is 0 Å². The molecule has 1 amide bonds. The molecule has 1 aromatic heterocycles. The molecule has 3 N–H and O–H groups in total. The Morgan fingerprint density at radius 3 is 2.81 bits per heavy atom. The maximum Gasteiger partial charge on any atom is 0.300 e. The molecule has 0 saturated heterocycles. The Labute approximate surface area is 123 Å². The number of aryl methyl sites for hydroxylation is 1. The number of rotatable bonds is 5. The minimum atomic E-state index is -0.459. The highest BCUT2D eigenvalue weighted by Gasteiger charge is 2.13. The first-order valence-electron chi connectivity index (χ1n) is 6.51. The summed E-state index contributed by atoms with van der Waals surface area (Å²) in [5, 5.41) is 0. The van der Waals surface area contributed by atoms with Crippen LogP contribution in [0.25, 0.3) is 0 Å². The molecule has 21 heavy (non-hydrogen) atoms. The summed E-state index contributed by atoms with van der Waals surface area (Å²) in [5.74, 6) is 6.19. The van der Waals surface area contributed by atoms with Crippen LogP contribution in [-0.2, 0) is 6.61 Å². The van der Waals surface area contributed by atoms with Crippen molar-refractivity contribution in [1.29, 1.82) is 0 Å². The molecule has 0 aliphatic carbocycles. The normalized spacial score (nSPS) is 10.3. The Morgan fingerprint density at radius 2 is 2.14 bits per heavy atom. The minimum absolute atomic E-state index is 0.177. The summed E-state index contributed by atoms with van der Waals surface area (Å²) in [6.07, 6.45) is 0. The van der Waals surface area contributed by atoms with E-state index in [1.807, 2.05) is 48.7 Å². The maximum absolute atomic E-state index is 11.4. The smallest absolute Gasteiger partial charge is 0.300 e. The second-order valence-electron chi connectivity index (χ2n) is 4.85. The molecule has 0 unspecified atom stereocenters. The highest BCUT2D eigenvalue weighted by molar-refractivity contribution is 5.91. The number of amides is 1. The summed E-state index contributed by atoms with van der Waals surface area (Å²) in [5.41, 5.74) is 3.90. The van der Waals surface area contributed by atoms with Gasteiger partial charge >= 0.3 is 5.91 Å². The van der Waals surface area contributed by atoms with Gasteiger partial charge in [0.15, 0.2) is 5.76 Å². The molecule has 0 radical (unpaired) electrons. The van der Waals surface area contributed by atoms with E-state index in [-0.39, 0.29) is 5.76 Å². The highest BCUT2D eigenvalue weighted by atomic mass is 16.5. The average Bonchev–Trinajstić information content (AvgIpc) is 2.85. The number of hydrazine groups is 1. The lowest BCUT2D eigenvalue weighted by atomic mass is 10.2. The quantitative estimate of drug-likeness (QED) is 0.498. The summed E-state index contributed by atoms with van der Waals surface area (Å²) in [7, 11) is 3.94.